The molecule has 0 amide bonds. The molecular formula is C12H20N4O2S. The summed E-state index contributed by atoms with van der Waals surface area (Å²) in [5.41, 5.74) is 5.84. The SMILES string of the molecule is CC(CN)(Cc1ccc([N+](=O)[O-])s1)N1CCNCC1. The van der Waals surface area contributed by atoms with E-state index < -0.39 is 0 Å². The molecule has 3 N–H and O–H groups in total. The minimum Gasteiger partial charge on any atom is -0.329 e. The van der Waals surface area contributed by atoms with Crippen LogP contribution in [0.15, 0.2) is 12.1 Å². The van der Waals surface area contributed by atoms with Crippen LogP contribution in [0, 0.1) is 10.1 Å². The van der Waals surface area contributed by atoms with E-state index in [1.165, 1.54) is 11.3 Å². The molecule has 0 aliphatic carbocycles. The minimum absolute atomic E-state index is 0.124. The van der Waals surface area contributed by atoms with Gasteiger partial charge in [-0.2, -0.15) is 0 Å². The molecule has 19 heavy (non-hydrogen) atoms. The van der Waals surface area contributed by atoms with E-state index in [9.17, 15) is 10.1 Å². The molecule has 1 aromatic heterocycles. The monoisotopic (exact) mass is 284 g/mol. The Labute approximate surface area is 116 Å². The van der Waals surface area contributed by atoms with Crippen LogP contribution in [0.4, 0.5) is 5.00 Å². The summed E-state index contributed by atoms with van der Waals surface area (Å²) < 4.78 is 0. The smallest absolute Gasteiger partial charge is 0.324 e. The maximum absolute atomic E-state index is 10.7. The van der Waals surface area contributed by atoms with Gasteiger partial charge in [-0.1, -0.05) is 11.3 Å². The maximum atomic E-state index is 10.7. The molecule has 106 valence electrons. The first kappa shape index (κ1) is 14.4. The van der Waals surface area contributed by atoms with Crippen molar-refractivity contribution in [3.8, 4) is 0 Å². The summed E-state index contributed by atoms with van der Waals surface area (Å²) in [6.07, 6.45) is 0.766. The van der Waals surface area contributed by atoms with Crippen molar-refractivity contribution in [2.75, 3.05) is 32.7 Å². The Morgan fingerprint density at radius 1 is 1.53 bits per heavy atom. The summed E-state index contributed by atoms with van der Waals surface area (Å²) in [5, 5.41) is 14.3. The van der Waals surface area contributed by atoms with Crippen LogP contribution in [0.1, 0.15) is 11.8 Å². The highest BCUT2D eigenvalue weighted by Crippen LogP contribution is 2.29. The van der Waals surface area contributed by atoms with E-state index in [-0.39, 0.29) is 15.5 Å². The molecule has 1 saturated heterocycles. The molecule has 1 fully saturated rings. The fourth-order valence-corrected chi connectivity index (χ4v) is 3.45. The first-order chi connectivity index (χ1) is 9.05. The molecule has 7 heteroatoms. The molecule has 1 unspecified atom stereocenters. The van der Waals surface area contributed by atoms with Crippen LogP contribution in [0.25, 0.3) is 0 Å². The summed E-state index contributed by atoms with van der Waals surface area (Å²) >= 11 is 1.25. The first-order valence-electron chi connectivity index (χ1n) is 6.44. The topological polar surface area (TPSA) is 84.4 Å². The van der Waals surface area contributed by atoms with Crippen LogP contribution in [-0.2, 0) is 6.42 Å². The second-order valence-corrected chi connectivity index (χ2v) is 6.26. The number of nitro groups is 1. The Bertz CT molecular complexity index is 445. The quantitative estimate of drug-likeness (QED) is 0.618. The van der Waals surface area contributed by atoms with Gasteiger partial charge in [0.1, 0.15) is 0 Å². The zero-order chi connectivity index (χ0) is 13.9. The number of piperazine rings is 1. The standard InChI is InChI=1S/C12H20N4O2S/c1-12(9-13,15-6-4-14-5-7-15)8-10-2-3-11(19-10)16(17)18/h2-3,14H,4-9,13H2,1H3. The number of thiophene rings is 1. The summed E-state index contributed by atoms with van der Waals surface area (Å²) in [4.78, 5) is 13.8. The van der Waals surface area contributed by atoms with Gasteiger partial charge in [-0.25, -0.2) is 0 Å². The third kappa shape index (κ3) is 3.30. The van der Waals surface area contributed by atoms with E-state index in [1.807, 2.05) is 6.07 Å². The average Bonchev–Trinajstić information content (AvgIpc) is 2.88. The molecule has 1 aliphatic heterocycles. The third-order valence-electron chi connectivity index (χ3n) is 3.70. The normalized spacial score (nSPS) is 20.1. The van der Waals surface area contributed by atoms with E-state index in [2.05, 4.69) is 17.1 Å². The van der Waals surface area contributed by atoms with E-state index >= 15 is 0 Å². The molecule has 0 aromatic carbocycles. The maximum Gasteiger partial charge on any atom is 0.324 e. The largest absolute Gasteiger partial charge is 0.329 e. The van der Waals surface area contributed by atoms with Crippen molar-refractivity contribution in [3.63, 3.8) is 0 Å². The second-order valence-electron chi connectivity index (χ2n) is 5.11. The van der Waals surface area contributed by atoms with Crippen molar-refractivity contribution < 1.29 is 4.92 Å². The Hall–Kier alpha value is -1.02. The fourth-order valence-electron chi connectivity index (χ4n) is 2.45. The van der Waals surface area contributed by atoms with Crippen LogP contribution in [0.5, 0.6) is 0 Å². The molecule has 2 heterocycles. The lowest BCUT2D eigenvalue weighted by molar-refractivity contribution is -0.380. The zero-order valence-corrected chi connectivity index (χ0v) is 11.9. The highest BCUT2D eigenvalue weighted by molar-refractivity contribution is 7.15. The van der Waals surface area contributed by atoms with E-state index in [0.717, 1.165) is 37.5 Å². The molecule has 6 nitrogen and oxygen atoms in total. The van der Waals surface area contributed by atoms with Crippen molar-refractivity contribution in [1.82, 2.24) is 10.2 Å². The zero-order valence-electron chi connectivity index (χ0n) is 11.1. The van der Waals surface area contributed by atoms with Crippen molar-refractivity contribution in [3.05, 3.63) is 27.1 Å². The van der Waals surface area contributed by atoms with Gasteiger partial charge in [0.15, 0.2) is 0 Å². The van der Waals surface area contributed by atoms with Crippen LogP contribution < -0.4 is 11.1 Å². The molecule has 0 bridgehead atoms. The van der Waals surface area contributed by atoms with Gasteiger partial charge < -0.3 is 11.1 Å². The van der Waals surface area contributed by atoms with Crippen molar-refractivity contribution in [1.29, 1.82) is 0 Å². The van der Waals surface area contributed by atoms with Gasteiger partial charge >= 0.3 is 5.00 Å². The number of nitrogens with two attached hydrogens (primary N) is 1. The van der Waals surface area contributed by atoms with Gasteiger partial charge in [0.2, 0.25) is 0 Å². The molecule has 2 rings (SSSR count). The minimum atomic E-state index is -0.335. The van der Waals surface area contributed by atoms with Gasteiger partial charge in [-0.15, -0.1) is 0 Å². The molecule has 0 radical (unpaired) electrons. The third-order valence-corrected chi connectivity index (χ3v) is 4.74. The molecule has 1 atom stereocenters. The molecule has 0 saturated carbocycles. The van der Waals surface area contributed by atoms with Gasteiger partial charge in [0.05, 0.1) is 4.92 Å². The number of nitrogens with one attached hydrogen (secondary N) is 1. The number of rotatable bonds is 5. The van der Waals surface area contributed by atoms with Gasteiger partial charge in [-0.05, 0) is 13.0 Å². The summed E-state index contributed by atoms with van der Waals surface area (Å²) in [7, 11) is 0. The van der Waals surface area contributed by atoms with Gasteiger partial charge in [-0.3, -0.25) is 15.0 Å². The summed E-state index contributed by atoms with van der Waals surface area (Å²) in [6.45, 7) is 6.59. The number of hydrogen-bond donors (Lipinski definition) is 2. The van der Waals surface area contributed by atoms with E-state index in [1.54, 1.807) is 6.07 Å². The highest BCUT2D eigenvalue weighted by atomic mass is 32.1. The van der Waals surface area contributed by atoms with Crippen molar-refractivity contribution in [2.45, 2.75) is 18.9 Å². The fraction of sp³-hybridized carbons (Fsp3) is 0.667. The lowest BCUT2D eigenvalue weighted by Crippen LogP contribution is -2.59. The Morgan fingerprint density at radius 3 is 2.74 bits per heavy atom. The van der Waals surface area contributed by atoms with E-state index in [4.69, 9.17) is 5.73 Å². The summed E-state index contributed by atoms with van der Waals surface area (Å²) in [5.74, 6) is 0. The molecule has 0 spiro atoms. The molecule has 1 aliphatic rings. The lowest BCUT2D eigenvalue weighted by Gasteiger charge is -2.43. The number of hydrogen-bond acceptors (Lipinski definition) is 6. The summed E-state index contributed by atoms with van der Waals surface area (Å²) in [6, 6.07) is 3.42. The lowest BCUT2D eigenvalue weighted by atomic mass is 9.93. The first-order valence-corrected chi connectivity index (χ1v) is 7.26. The Balaban J connectivity index is 2.09. The van der Waals surface area contributed by atoms with Crippen molar-refractivity contribution >= 4 is 16.3 Å². The predicted octanol–water partition coefficient (Wildman–Crippen LogP) is 0.821. The Kier molecular flexibility index (Phi) is 4.51. The Morgan fingerprint density at radius 2 is 2.21 bits per heavy atom. The van der Waals surface area contributed by atoms with Crippen LogP contribution in [0.3, 0.4) is 0 Å². The van der Waals surface area contributed by atoms with Crippen LogP contribution in [0.2, 0.25) is 0 Å². The number of nitrogens with zero attached hydrogens (tertiary/aromatic N) is 2. The molecular weight excluding hydrogens is 264 g/mol. The van der Waals surface area contributed by atoms with E-state index in [0.29, 0.717) is 6.54 Å². The highest BCUT2D eigenvalue weighted by Gasteiger charge is 2.32. The molecule has 1 aromatic rings. The van der Waals surface area contributed by atoms with Gasteiger partial charge in [0.25, 0.3) is 0 Å². The predicted molar refractivity (Wildman–Crippen MR) is 76.6 cm³/mol. The van der Waals surface area contributed by atoms with Crippen LogP contribution in [-0.4, -0.2) is 48.1 Å². The van der Waals surface area contributed by atoms with Gasteiger partial charge in [0, 0.05) is 55.6 Å². The van der Waals surface area contributed by atoms with Crippen LogP contribution >= 0.6 is 11.3 Å². The van der Waals surface area contributed by atoms with Crippen molar-refractivity contribution in [2.24, 2.45) is 5.73 Å². The average molecular weight is 284 g/mol. The second kappa shape index (κ2) is 5.96.